The lowest BCUT2D eigenvalue weighted by Gasteiger charge is -2.07. The van der Waals surface area contributed by atoms with Crippen LogP contribution in [0.15, 0.2) is 41.5 Å². The van der Waals surface area contributed by atoms with Crippen molar-refractivity contribution in [2.75, 3.05) is 5.43 Å². The molecule has 2 aromatic rings. The number of anilines is 1. The van der Waals surface area contributed by atoms with Crippen molar-refractivity contribution in [2.45, 2.75) is 0 Å². The molecule has 0 aromatic heterocycles. The zero-order chi connectivity index (χ0) is 14.7. The Bertz CT molecular complexity index is 629. The highest BCUT2D eigenvalue weighted by molar-refractivity contribution is 6.69. The normalized spacial score (nSPS) is 11.6. The van der Waals surface area contributed by atoms with Crippen LogP contribution in [0.5, 0.6) is 0 Å². The van der Waals surface area contributed by atoms with Gasteiger partial charge in [-0.05, 0) is 24.3 Å². The van der Waals surface area contributed by atoms with Crippen LogP contribution in [0.3, 0.4) is 0 Å². The molecule has 0 fully saturated rings. The highest BCUT2D eigenvalue weighted by Crippen LogP contribution is 2.33. The number of nitrogens with one attached hydrogen (secondary N) is 1. The van der Waals surface area contributed by atoms with Gasteiger partial charge in [0.15, 0.2) is 5.17 Å². The Labute approximate surface area is 141 Å². The van der Waals surface area contributed by atoms with Gasteiger partial charge in [-0.2, -0.15) is 5.10 Å². The van der Waals surface area contributed by atoms with Crippen LogP contribution in [-0.2, 0) is 0 Å². The fourth-order valence-electron chi connectivity index (χ4n) is 1.41. The molecule has 0 amide bonds. The van der Waals surface area contributed by atoms with E-state index in [4.69, 9.17) is 58.0 Å². The molecule has 0 aliphatic carbocycles. The second-order valence-corrected chi connectivity index (χ2v) is 5.81. The number of nitrogens with zero attached hydrogens (tertiary/aromatic N) is 1. The van der Waals surface area contributed by atoms with Crippen molar-refractivity contribution in [3.63, 3.8) is 0 Å². The second kappa shape index (κ2) is 6.88. The van der Waals surface area contributed by atoms with Crippen LogP contribution in [0.4, 0.5) is 5.69 Å². The monoisotopic (exact) mass is 366 g/mol. The van der Waals surface area contributed by atoms with Gasteiger partial charge in [0.25, 0.3) is 0 Å². The van der Waals surface area contributed by atoms with Crippen molar-refractivity contribution in [2.24, 2.45) is 5.10 Å². The van der Waals surface area contributed by atoms with E-state index >= 15 is 0 Å². The standard InChI is InChI=1S/C13H7Cl5N2/c14-8-3-1-7(2-4-8)13(18)20-19-12-10(16)5-9(15)6-11(12)17/h1-6,19H. The van der Waals surface area contributed by atoms with Crippen molar-refractivity contribution in [1.82, 2.24) is 0 Å². The Morgan fingerprint density at radius 3 is 1.95 bits per heavy atom. The number of hydrogen-bond donors (Lipinski definition) is 1. The van der Waals surface area contributed by atoms with E-state index < -0.39 is 0 Å². The first-order valence-corrected chi connectivity index (χ1v) is 7.26. The summed E-state index contributed by atoms with van der Waals surface area (Å²) in [7, 11) is 0. The van der Waals surface area contributed by atoms with Gasteiger partial charge in [0.05, 0.1) is 15.7 Å². The van der Waals surface area contributed by atoms with E-state index in [0.29, 0.717) is 31.3 Å². The van der Waals surface area contributed by atoms with Crippen LogP contribution in [0, 0.1) is 0 Å². The maximum absolute atomic E-state index is 6.08. The van der Waals surface area contributed by atoms with E-state index in [1.54, 1.807) is 36.4 Å². The number of benzene rings is 2. The first kappa shape index (κ1) is 15.7. The van der Waals surface area contributed by atoms with Crippen molar-refractivity contribution >= 4 is 68.9 Å². The Hall–Kier alpha value is -0.640. The minimum absolute atomic E-state index is 0.253. The Morgan fingerprint density at radius 2 is 1.40 bits per heavy atom. The van der Waals surface area contributed by atoms with Gasteiger partial charge in [-0.25, -0.2) is 0 Å². The molecule has 0 aliphatic rings. The summed E-state index contributed by atoms with van der Waals surface area (Å²) < 4.78 is 0. The first-order chi connectivity index (χ1) is 9.47. The molecule has 0 heterocycles. The summed E-state index contributed by atoms with van der Waals surface area (Å²) in [6.45, 7) is 0. The van der Waals surface area contributed by atoms with Gasteiger partial charge in [0.1, 0.15) is 0 Å². The predicted molar refractivity (Wildman–Crippen MR) is 88.9 cm³/mol. The summed E-state index contributed by atoms with van der Waals surface area (Å²) in [5.41, 5.74) is 3.87. The molecule has 0 unspecified atom stereocenters. The molecule has 0 aliphatic heterocycles. The summed E-state index contributed by atoms with van der Waals surface area (Å²) in [6, 6.07) is 10.1. The molecule has 20 heavy (non-hydrogen) atoms. The van der Waals surface area contributed by atoms with Crippen LogP contribution in [0.1, 0.15) is 5.56 Å². The lowest BCUT2D eigenvalue weighted by molar-refractivity contribution is 1.34. The smallest absolute Gasteiger partial charge is 0.156 e. The highest BCUT2D eigenvalue weighted by Gasteiger charge is 2.07. The largest absolute Gasteiger partial charge is 0.274 e. The van der Waals surface area contributed by atoms with Crippen molar-refractivity contribution in [3.05, 3.63) is 62.1 Å². The Morgan fingerprint density at radius 1 is 0.850 bits per heavy atom. The number of hydrogen-bond acceptors (Lipinski definition) is 2. The Kier molecular flexibility index (Phi) is 5.42. The van der Waals surface area contributed by atoms with Crippen LogP contribution in [-0.4, -0.2) is 5.17 Å². The average Bonchev–Trinajstić information content (AvgIpc) is 2.38. The van der Waals surface area contributed by atoms with E-state index in [-0.39, 0.29) is 5.17 Å². The maximum atomic E-state index is 6.08. The zero-order valence-electron chi connectivity index (χ0n) is 9.80. The van der Waals surface area contributed by atoms with Gasteiger partial charge < -0.3 is 0 Å². The third kappa shape index (κ3) is 3.94. The SMILES string of the molecule is ClC(=NNc1c(Cl)cc(Cl)cc1Cl)c1ccc(Cl)cc1. The quantitative estimate of drug-likeness (QED) is 0.498. The third-order valence-corrected chi connectivity index (χ3v) is 3.72. The van der Waals surface area contributed by atoms with E-state index in [1.165, 1.54) is 0 Å². The minimum atomic E-state index is 0.253. The van der Waals surface area contributed by atoms with Gasteiger partial charge in [0, 0.05) is 15.6 Å². The molecule has 2 rings (SSSR count). The molecule has 7 heteroatoms. The van der Waals surface area contributed by atoms with E-state index in [0.717, 1.165) is 0 Å². The minimum Gasteiger partial charge on any atom is -0.274 e. The summed E-state index contributed by atoms with van der Waals surface area (Å²) in [4.78, 5) is 0. The summed E-state index contributed by atoms with van der Waals surface area (Å²) in [6.07, 6.45) is 0. The van der Waals surface area contributed by atoms with E-state index in [2.05, 4.69) is 10.5 Å². The van der Waals surface area contributed by atoms with E-state index in [1.807, 2.05) is 0 Å². The number of halogens is 5. The topological polar surface area (TPSA) is 24.4 Å². The molecular weight excluding hydrogens is 361 g/mol. The van der Waals surface area contributed by atoms with Crippen LogP contribution in [0.2, 0.25) is 20.1 Å². The van der Waals surface area contributed by atoms with Crippen LogP contribution in [0.25, 0.3) is 0 Å². The third-order valence-electron chi connectivity index (χ3n) is 2.36. The molecule has 0 saturated carbocycles. The first-order valence-electron chi connectivity index (χ1n) is 5.37. The maximum Gasteiger partial charge on any atom is 0.156 e. The fraction of sp³-hybridized carbons (Fsp3) is 0. The average molecular weight is 368 g/mol. The summed E-state index contributed by atoms with van der Waals surface area (Å²) in [5, 5.41) is 6.05. The van der Waals surface area contributed by atoms with Gasteiger partial charge in [-0.15, -0.1) is 0 Å². The number of rotatable bonds is 3. The van der Waals surface area contributed by atoms with Crippen molar-refractivity contribution in [1.29, 1.82) is 0 Å². The van der Waals surface area contributed by atoms with Gasteiger partial charge >= 0.3 is 0 Å². The van der Waals surface area contributed by atoms with Gasteiger partial charge in [-0.1, -0.05) is 70.1 Å². The molecule has 2 aromatic carbocycles. The molecule has 2 nitrogen and oxygen atoms in total. The Balaban J connectivity index is 2.23. The molecule has 104 valence electrons. The van der Waals surface area contributed by atoms with Crippen molar-refractivity contribution < 1.29 is 0 Å². The molecule has 0 bridgehead atoms. The second-order valence-electron chi connectivity index (χ2n) is 3.77. The fourth-order valence-corrected chi connectivity index (χ4v) is 2.60. The molecule has 0 radical (unpaired) electrons. The predicted octanol–water partition coefficient (Wildman–Crippen LogP) is 6.31. The van der Waals surface area contributed by atoms with E-state index in [9.17, 15) is 0 Å². The molecular formula is C13H7Cl5N2. The van der Waals surface area contributed by atoms with Gasteiger partial charge in [0.2, 0.25) is 0 Å². The van der Waals surface area contributed by atoms with Crippen molar-refractivity contribution in [3.8, 4) is 0 Å². The molecule has 0 saturated heterocycles. The van der Waals surface area contributed by atoms with Gasteiger partial charge in [-0.3, -0.25) is 5.43 Å². The molecule has 1 N–H and O–H groups in total. The summed E-state index contributed by atoms with van der Waals surface area (Å²) in [5.74, 6) is 0. The van der Waals surface area contributed by atoms with Crippen LogP contribution >= 0.6 is 58.0 Å². The molecule has 0 spiro atoms. The summed E-state index contributed by atoms with van der Waals surface area (Å²) >= 11 is 29.7. The zero-order valence-corrected chi connectivity index (χ0v) is 13.6. The lowest BCUT2D eigenvalue weighted by Crippen LogP contribution is -1.98. The number of hydrazone groups is 1. The lowest BCUT2D eigenvalue weighted by atomic mass is 10.2. The van der Waals surface area contributed by atoms with Crippen LogP contribution < -0.4 is 5.43 Å². The molecule has 0 atom stereocenters. The highest BCUT2D eigenvalue weighted by atomic mass is 35.5.